The maximum absolute atomic E-state index is 13.2. The fourth-order valence-corrected chi connectivity index (χ4v) is 5.87. The van der Waals surface area contributed by atoms with Gasteiger partial charge in [0.25, 0.3) is 11.5 Å². The topological polar surface area (TPSA) is 96.6 Å². The number of carbonyl (C=O) groups is 1. The molecule has 0 bridgehead atoms. The van der Waals surface area contributed by atoms with E-state index in [1.165, 1.54) is 10.8 Å². The number of nitrogens with one attached hydrogen (secondary N) is 1. The van der Waals surface area contributed by atoms with Gasteiger partial charge in [-0.05, 0) is 93.7 Å². The lowest BCUT2D eigenvalue weighted by Gasteiger charge is -2.13. The molecule has 4 aromatic rings. The van der Waals surface area contributed by atoms with Crippen LogP contribution >= 0.6 is 68.5 Å². The third-order valence-electron chi connectivity index (χ3n) is 4.61. The summed E-state index contributed by atoms with van der Waals surface area (Å²) in [6.07, 6.45) is 1.39. The van der Waals surface area contributed by atoms with E-state index in [1.54, 1.807) is 54.6 Å². The molecule has 3 aromatic carbocycles. The molecule has 1 amide bonds. The number of hydrogen-bond acceptors (Lipinski definition) is 6. The molecular formula is C23H15ClI2N4O3S. The molecule has 0 saturated heterocycles. The molecule has 2 N–H and O–H groups in total. The van der Waals surface area contributed by atoms with Gasteiger partial charge in [-0.1, -0.05) is 35.5 Å². The summed E-state index contributed by atoms with van der Waals surface area (Å²) < 4.78 is 3.09. The number of halogens is 3. The molecular weight excluding hydrogens is 702 g/mol. The van der Waals surface area contributed by atoms with Crippen molar-refractivity contribution in [2.24, 2.45) is 5.10 Å². The number of thioether (sulfide) groups is 1. The maximum Gasteiger partial charge on any atom is 0.266 e. The Hall–Kier alpha value is -2.16. The molecule has 0 spiro atoms. The minimum absolute atomic E-state index is 0.0223. The van der Waals surface area contributed by atoms with Gasteiger partial charge in [-0.3, -0.25) is 14.2 Å². The third kappa shape index (κ3) is 5.73. The number of aromatic hydroxyl groups is 1. The van der Waals surface area contributed by atoms with Crippen molar-refractivity contribution < 1.29 is 9.90 Å². The zero-order chi connectivity index (χ0) is 24.2. The monoisotopic (exact) mass is 716 g/mol. The molecule has 4 rings (SSSR count). The number of fused-ring (bicyclic) bond motifs is 1. The Morgan fingerprint density at radius 1 is 1.18 bits per heavy atom. The van der Waals surface area contributed by atoms with Gasteiger partial charge < -0.3 is 5.11 Å². The number of phenolic OH excluding ortho intramolecular Hbond substituents is 1. The van der Waals surface area contributed by atoms with E-state index >= 15 is 0 Å². The van der Waals surface area contributed by atoms with Gasteiger partial charge in [0.05, 0.1) is 32.1 Å². The number of phenols is 1. The number of nitrogens with zero attached hydrogens (tertiary/aromatic N) is 3. The summed E-state index contributed by atoms with van der Waals surface area (Å²) in [5.74, 6) is -0.308. The molecule has 1 heterocycles. The highest BCUT2D eigenvalue weighted by Gasteiger charge is 2.15. The van der Waals surface area contributed by atoms with Crippen molar-refractivity contribution in [3.8, 4) is 11.4 Å². The quantitative estimate of drug-likeness (QED) is 0.0942. The second-order valence-electron chi connectivity index (χ2n) is 6.94. The number of rotatable bonds is 6. The van der Waals surface area contributed by atoms with Crippen LogP contribution in [0.15, 0.2) is 75.7 Å². The molecule has 1 aromatic heterocycles. The molecule has 7 nitrogen and oxygen atoms in total. The second-order valence-corrected chi connectivity index (χ2v) is 10.7. The fourth-order valence-electron chi connectivity index (χ4n) is 3.05. The fraction of sp³-hybridized carbons (Fsp3) is 0.0435. The van der Waals surface area contributed by atoms with E-state index in [0.717, 1.165) is 15.3 Å². The predicted molar refractivity (Wildman–Crippen MR) is 152 cm³/mol. The van der Waals surface area contributed by atoms with Crippen LogP contribution in [-0.4, -0.2) is 32.5 Å². The van der Waals surface area contributed by atoms with Crippen LogP contribution < -0.4 is 11.0 Å². The van der Waals surface area contributed by atoms with Crippen LogP contribution in [0.4, 0.5) is 0 Å². The summed E-state index contributed by atoms with van der Waals surface area (Å²) in [7, 11) is 0. The highest BCUT2D eigenvalue weighted by atomic mass is 127. The molecule has 0 radical (unpaired) electrons. The number of hydrogen-bond donors (Lipinski definition) is 2. The van der Waals surface area contributed by atoms with E-state index < -0.39 is 0 Å². The number of aromatic nitrogens is 2. The standard InChI is InChI=1S/C23H15ClI2N4O3S/c24-14-5-7-16(8-6-14)30-22(33)17-3-1-2-4-19(17)28-23(30)34-12-20(31)29-27-11-13-9-15(25)10-18(26)21(13)32/h1-11,32H,12H2,(H,29,31). The van der Waals surface area contributed by atoms with Gasteiger partial charge in [0.2, 0.25) is 0 Å². The SMILES string of the molecule is O=C(CSc1nc2ccccc2c(=O)n1-c1ccc(Cl)cc1)NN=Cc1cc(I)cc(I)c1O. The smallest absolute Gasteiger partial charge is 0.266 e. The second kappa shape index (κ2) is 11.1. The summed E-state index contributed by atoms with van der Waals surface area (Å²) in [6.45, 7) is 0. The summed E-state index contributed by atoms with van der Waals surface area (Å²) in [5, 5.41) is 15.5. The third-order valence-corrected chi connectivity index (χ3v) is 7.25. The minimum atomic E-state index is -0.383. The molecule has 0 unspecified atom stereocenters. The zero-order valence-corrected chi connectivity index (χ0v) is 23.1. The van der Waals surface area contributed by atoms with Crippen LogP contribution in [0.2, 0.25) is 5.02 Å². The number of hydrazone groups is 1. The van der Waals surface area contributed by atoms with Gasteiger partial charge in [0.15, 0.2) is 5.16 Å². The Balaban J connectivity index is 1.56. The first-order valence-electron chi connectivity index (χ1n) is 9.74. The molecule has 172 valence electrons. The zero-order valence-electron chi connectivity index (χ0n) is 17.2. The Labute approximate surface area is 230 Å². The van der Waals surface area contributed by atoms with E-state index in [-0.39, 0.29) is 23.0 Å². The Morgan fingerprint density at radius 2 is 1.91 bits per heavy atom. The van der Waals surface area contributed by atoms with E-state index in [4.69, 9.17) is 11.6 Å². The first-order valence-corrected chi connectivity index (χ1v) is 13.3. The molecule has 0 saturated carbocycles. The number of benzene rings is 3. The molecule has 0 atom stereocenters. The highest BCUT2D eigenvalue weighted by molar-refractivity contribution is 14.1. The lowest BCUT2D eigenvalue weighted by Crippen LogP contribution is -2.24. The van der Waals surface area contributed by atoms with Crippen LogP contribution in [-0.2, 0) is 4.79 Å². The summed E-state index contributed by atoms with van der Waals surface area (Å²) >= 11 is 11.3. The van der Waals surface area contributed by atoms with E-state index in [0.29, 0.717) is 35.9 Å². The molecule has 0 aliphatic carbocycles. The van der Waals surface area contributed by atoms with E-state index in [9.17, 15) is 14.7 Å². The first kappa shape index (κ1) is 24.9. The van der Waals surface area contributed by atoms with Gasteiger partial charge >= 0.3 is 0 Å². The van der Waals surface area contributed by atoms with Crippen molar-refractivity contribution >= 4 is 91.6 Å². The van der Waals surface area contributed by atoms with Crippen molar-refractivity contribution in [3.63, 3.8) is 0 Å². The van der Waals surface area contributed by atoms with Crippen LogP contribution in [0, 0.1) is 7.14 Å². The minimum Gasteiger partial charge on any atom is -0.506 e. The average Bonchev–Trinajstić information content (AvgIpc) is 2.82. The predicted octanol–water partition coefficient (Wildman–Crippen LogP) is 5.20. The van der Waals surface area contributed by atoms with Crippen LogP contribution in [0.5, 0.6) is 5.75 Å². The van der Waals surface area contributed by atoms with Crippen molar-refractivity contribution in [1.29, 1.82) is 0 Å². The normalized spacial score (nSPS) is 11.3. The largest absolute Gasteiger partial charge is 0.506 e. The van der Waals surface area contributed by atoms with E-state index in [1.807, 2.05) is 28.7 Å². The van der Waals surface area contributed by atoms with Crippen molar-refractivity contribution in [2.75, 3.05) is 5.75 Å². The Bertz CT molecular complexity index is 1480. The van der Waals surface area contributed by atoms with E-state index in [2.05, 4.69) is 38.1 Å². The molecule has 0 fully saturated rings. The maximum atomic E-state index is 13.2. The lowest BCUT2D eigenvalue weighted by atomic mass is 10.2. The first-order chi connectivity index (χ1) is 16.3. The average molecular weight is 717 g/mol. The van der Waals surface area contributed by atoms with Crippen LogP contribution in [0.1, 0.15) is 5.56 Å². The Morgan fingerprint density at radius 3 is 2.68 bits per heavy atom. The highest BCUT2D eigenvalue weighted by Crippen LogP contribution is 2.26. The van der Waals surface area contributed by atoms with Crippen LogP contribution in [0.25, 0.3) is 16.6 Å². The van der Waals surface area contributed by atoms with Gasteiger partial charge in [-0.15, -0.1) is 0 Å². The molecule has 34 heavy (non-hydrogen) atoms. The van der Waals surface area contributed by atoms with Crippen LogP contribution in [0.3, 0.4) is 0 Å². The van der Waals surface area contributed by atoms with Crippen molar-refractivity contribution in [3.05, 3.63) is 88.7 Å². The van der Waals surface area contributed by atoms with Gasteiger partial charge in [0.1, 0.15) is 5.75 Å². The Kier molecular flexibility index (Phi) is 8.11. The summed E-state index contributed by atoms with van der Waals surface area (Å²) in [5.41, 5.74) is 3.84. The van der Waals surface area contributed by atoms with Crippen molar-refractivity contribution in [2.45, 2.75) is 5.16 Å². The molecule has 0 aliphatic heterocycles. The van der Waals surface area contributed by atoms with Gasteiger partial charge in [-0.25, -0.2) is 10.4 Å². The number of para-hydroxylation sites is 1. The number of amides is 1. The van der Waals surface area contributed by atoms with Gasteiger partial charge in [-0.2, -0.15) is 5.10 Å². The molecule has 11 heteroatoms. The molecule has 0 aliphatic rings. The number of carbonyl (C=O) groups excluding carboxylic acids is 1. The van der Waals surface area contributed by atoms with Crippen molar-refractivity contribution in [1.82, 2.24) is 15.0 Å². The summed E-state index contributed by atoms with van der Waals surface area (Å²) in [4.78, 5) is 30.3. The lowest BCUT2D eigenvalue weighted by molar-refractivity contribution is -0.118. The summed E-state index contributed by atoms with van der Waals surface area (Å²) in [6, 6.07) is 17.5. The van der Waals surface area contributed by atoms with Gasteiger partial charge in [0, 0.05) is 14.2 Å².